The van der Waals surface area contributed by atoms with E-state index in [9.17, 15) is 8.96 Å². The quantitative estimate of drug-likeness (QED) is 0.442. The highest BCUT2D eigenvalue weighted by Gasteiger charge is 2.26. The molecule has 6 nitrogen and oxygen atoms in total. The number of nitrogens with zero attached hydrogens (tertiary/aromatic N) is 3. The second-order valence-corrected chi connectivity index (χ2v) is 7.85. The number of halogens is 2. The van der Waals surface area contributed by atoms with Gasteiger partial charge >= 0.3 is 7.60 Å². The minimum Gasteiger partial charge on any atom is -0.325 e. The molecular weight excluding hydrogens is 380 g/mol. The second kappa shape index (κ2) is 7.84. The third-order valence-electron chi connectivity index (χ3n) is 3.76. The van der Waals surface area contributed by atoms with E-state index >= 15 is 0 Å². The Kier molecular flexibility index (Phi) is 5.73. The Morgan fingerprint density at radius 1 is 1.15 bits per heavy atom. The molecule has 0 bridgehead atoms. The monoisotopic (exact) mass is 397 g/mol. The molecule has 3 aromatic rings. The Labute approximate surface area is 155 Å². The molecule has 2 heterocycles. The van der Waals surface area contributed by atoms with Crippen molar-refractivity contribution in [2.75, 3.05) is 13.2 Å². The van der Waals surface area contributed by atoms with E-state index < -0.39 is 13.4 Å². The highest BCUT2D eigenvalue weighted by atomic mass is 35.5. The lowest BCUT2D eigenvalue weighted by atomic mass is 10.2. The molecule has 0 N–H and O–H groups in total. The van der Waals surface area contributed by atoms with Gasteiger partial charge in [0.15, 0.2) is 5.82 Å². The Morgan fingerprint density at radius 3 is 2.42 bits per heavy atom. The zero-order chi connectivity index (χ0) is 18.7. The average Bonchev–Trinajstić information content (AvgIpc) is 2.93. The van der Waals surface area contributed by atoms with E-state index in [4.69, 9.17) is 20.6 Å². The van der Waals surface area contributed by atoms with Crippen molar-refractivity contribution in [2.45, 2.75) is 20.4 Å². The zero-order valence-corrected chi connectivity index (χ0v) is 16.0. The summed E-state index contributed by atoms with van der Waals surface area (Å²) >= 11 is 5.95. The van der Waals surface area contributed by atoms with Gasteiger partial charge in [0.2, 0.25) is 0 Å². The van der Waals surface area contributed by atoms with Gasteiger partial charge < -0.3 is 13.6 Å². The second-order valence-electron chi connectivity index (χ2n) is 5.47. The Hall–Kier alpha value is -1.79. The summed E-state index contributed by atoms with van der Waals surface area (Å²) in [7, 11) is -3.32. The number of fused-ring (bicyclic) bond motifs is 1. The molecule has 0 aliphatic rings. The van der Waals surface area contributed by atoms with Gasteiger partial charge in [0.1, 0.15) is 17.1 Å². The lowest BCUT2D eigenvalue weighted by Gasteiger charge is -2.17. The van der Waals surface area contributed by atoms with E-state index in [2.05, 4.69) is 9.97 Å². The smallest absolute Gasteiger partial charge is 0.325 e. The molecular formula is C17H18ClFN3O3P. The van der Waals surface area contributed by atoms with Crippen molar-refractivity contribution >= 4 is 35.5 Å². The molecule has 0 atom stereocenters. The fourth-order valence-corrected chi connectivity index (χ4v) is 4.45. The molecule has 0 saturated heterocycles. The van der Waals surface area contributed by atoms with Crippen LogP contribution in [-0.2, 0) is 20.2 Å². The van der Waals surface area contributed by atoms with Crippen molar-refractivity contribution in [3.05, 3.63) is 53.3 Å². The number of hydrogen-bond acceptors (Lipinski definition) is 5. The lowest BCUT2D eigenvalue weighted by Crippen LogP contribution is -2.11. The van der Waals surface area contributed by atoms with Crippen molar-refractivity contribution in [3.63, 3.8) is 0 Å². The topological polar surface area (TPSA) is 66.2 Å². The first-order valence-electron chi connectivity index (χ1n) is 8.12. The lowest BCUT2D eigenvalue weighted by molar-refractivity contribution is 0.230. The van der Waals surface area contributed by atoms with Crippen molar-refractivity contribution in [3.8, 4) is 0 Å². The summed E-state index contributed by atoms with van der Waals surface area (Å²) in [4.78, 5) is 7.91. The summed E-state index contributed by atoms with van der Waals surface area (Å²) in [5.74, 6) is -0.473. The van der Waals surface area contributed by atoms with E-state index in [0.717, 1.165) is 5.56 Å². The van der Waals surface area contributed by atoms with E-state index in [1.165, 1.54) is 12.5 Å². The normalized spacial score (nSPS) is 12.0. The number of aromatic nitrogens is 3. The maximum Gasteiger partial charge on any atom is 0.361 e. The zero-order valence-electron chi connectivity index (χ0n) is 14.4. The van der Waals surface area contributed by atoms with E-state index in [-0.39, 0.29) is 23.8 Å². The summed E-state index contributed by atoms with van der Waals surface area (Å²) in [6.45, 7) is 4.47. The molecule has 0 saturated carbocycles. The fourth-order valence-electron chi connectivity index (χ4n) is 2.67. The predicted octanol–water partition coefficient (Wildman–Crippen LogP) is 4.16. The minimum absolute atomic E-state index is 0.0796. The van der Waals surface area contributed by atoms with Gasteiger partial charge in [-0.15, -0.1) is 0 Å². The Bertz CT molecular complexity index is 952. The van der Waals surface area contributed by atoms with Crippen molar-refractivity contribution in [1.82, 2.24) is 14.5 Å². The molecule has 138 valence electrons. The van der Waals surface area contributed by atoms with E-state index in [0.29, 0.717) is 17.5 Å². The Morgan fingerprint density at radius 2 is 1.81 bits per heavy atom. The van der Waals surface area contributed by atoms with Crippen LogP contribution in [0.3, 0.4) is 0 Å². The van der Waals surface area contributed by atoms with Crippen LogP contribution < -0.4 is 5.30 Å². The molecule has 0 aliphatic heterocycles. The van der Waals surface area contributed by atoms with Crippen LogP contribution in [0, 0.1) is 5.82 Å². The van der Waals surface area contributed by atoms with E-state index in [1.807, 2.05) is 0 Å². The van der Waals surface area contributed by atoms with Crippen molar-refractivity contribution in [2.24, 2.45) is 0 Å². The number of rotatable bonds is 7. The molecule has 0 radical (unpaired) electrons. The molecule has 0 unspecified atom stereocenters. The molecule has 0 amide bonds. The van der Waals surface area contributed by atoms with Gasteiger partial charge in [0, 0.05) is 12.7 Å². The molecule has 0 fully saturated rings. The first-order chi connectivity index (χ1) is 12.5. The minimum atomic E-state index is -3.32. The van der Waals surface area contributed by atoms with E-state index in [1.54, 1.807) is 42.7 Å². The van der Waals surface area contributed by atoms with Crippen molar-refractivity contribution < 1.29 is 18.0 Å². The van der Waals surface area contributed by atoms with Gasteiger partial charge in [0.25, 0.3) is 0 Å². The molecule has 2 aromatic heterocycles. The van der Waals surface area contributed by atoms with Gasteiger partial charge in [-0.3, -0.25) is 4.57 Å². The van der Waals surface area contributed by atoms with Crippen LogP contribution >= 0.6 is 19.2 Å². The van der Waals surface area contributed by atoms with Gasteiger partial charge in [-0.2, -0.15) is 0 Å². The summed E-state index contributed by atoms with van der Waals surface area (Å²) in [5.41, 5.74) is 1.29. The maximum atomic E-state index is 14.1. The first-order valence-corrected chi connectivity index (χ1v) is 10.0. The molecule has 3 rings (SSSR count). The average molecular weight is 398 g/mol. The van der Waals surface area contributed by atoms with Gasteiger partial charge in [-0.05, 0) is 31.5 Å². The van der Waals surface area contributed by atoms with Crippen molar-refractivity contribution in [1.29, 1.82) is 0 Å². The largest absolute Gasteiger partial charge is 0.361 e. The number of hydrogen-bond donors (Lipinski definition) is 0. The third kappa shape index (κ3) is 3.67. The third-order valence-corrected chi connectivity index (χ3v) is 6.18. The summed E-state index contributed by atoms with van der Waals surface area (Å²) in [5, 5.41) is 0.762. The molecule has 9 heteroatoms. The summed E-state index contributed by atoms with van der Waals surface area (Å²) in [6.07, 6.45) is 2.63. The number of benzene rings is 1. The van der Waals surface area contributed by atoms with Crippen LogP contribution in [-0.4, -0.2) is 27.7 Å². The van der Waals surface area contributed by atoms with Crippen LogP contribution in [0.5, 0.6) is 0 Å². The van der Waals surface area contributed by atoms with Crippen LogP contribution in [0.15, 0.2) is 36.8 Å². The molecule has 0 spiro atoms. The molecule has 1 aromatic carbocycles. The molecule has 0 aliphatic carbocycles. The molecule has 26 heavy (non-hydrogen) atoms. The highest BCUT2D eigenvalue weighted by molar-refractivity contribution is 7.62. The Balaban J connectivity index is 1.89. The van der Waals surface area contributed by atoms with Gasteiger partial charge in [-0.1, -0.05) is 23.7 Å². The van der Waals surface area contributed by atoms with Gasteiger partial charge in [0.05, 0.1) is 23.9 Å². The van der Waals surface area contributed by atoms with Crippen LogP contribution in [0.4, 0.5) is 4.39 Å². The highest BCUT2D eigenvalue weighted by Crippen LogP contribution is 2.46. The van der Waals surface area contributed by atoms with Gasteiger partial charge in [-0.25, -0.2) is 14.4 Å². The summed E-state index contributed by atoms with van der Waals surface area (Å²) < 4.78 is 39.2. The van der Waals surface area contributed by atoms with Crippen LogP contribution in [0.2, 0.25) is 5.15 Å². The van der Waals surface area contributed by atoms with Crippen LogP contribution in [0.25, 0.3) is 11.0 Å². The fraction of sp³-hybridized carbons (Fsp3) is 0.294. The summed E-state index contributed by atoms with van der Waals surface area (Å²) in [6, 6.07) is 7.00. The maximum absolute atomic E-state index is 14.1. The predicted molar refractivity (Wildman–Crippen MR) is 98.5 cm³/mol. The van der Waals surface area contributed by atoms with Crippen LogP contribution in [0.1, 0.15) is 19.4 Å². The first kappa shape index (κ1) is 19.0. The standard InChI is InChI=1S/C17H18ClFN3O3P/c1-3-24-26(23,25-4-2)13-7-5-12(6-8-13)9-22-10-14(19)15-16(18)20-11-21-17(15)22/h5-8,10-11H,3-4,9H2,1-2H3. The SMILES string of the molecule is CCOP(=O)(OCC)c1ccc(Cn2cc(F)c3c(Cl)ncnc32)cc1.